The molecule has 1 aromatic rings. The molecule has 0 aliphatic rings. The van der Waals surface area contributed by atoms with Crippen LogP contribution in [0.15, 0.2) is 29.2 Å². The largest absolute Gasteiger partial charge is 0.395 e. The molecule has 1 rings (SSSR count). The molecule has 0 saturated carbocycles. The fraction of sp³-hybridized carbons (Fsp3) is 0.455. The number of aliphatic hydroxyl groups is 1. The van der Waals surface area contributed by atoms with Crippen molar-refractivity contribution in [2.45, 2.75) is 18.2 Å². The number of hydrogen-bond acceptors (Lipinski definition) is 4. The molecular weight excluding hydrogens is 240 g/mol. The van der Waals surface area contributed by atoms with Gasteiger partial charge in [-0.15, -0.1) is 0 Å². The highest BCUT2D eigenvalue weighted by atomic mass is 32.2. The predicted molar refractivity (Wildman–Crippen MR) is 67.4 cm³/mol. The number of anilines is 1. The van der Waals surface area contributed by atoms with E-state index in [1.807, 2.05) is 11.8 Å². The number of rotatable bonds is 6. The van der Waals surface area contributed by atoms with Crippen molar-refractivity contribution in [3.63, 3.8) is 0 Å². The Labute approximate surface area is 102 Å². The van der Waals surface area contributed by atoms with E-state index in [4.69, 9.17) is 10.2 Å². The van der Waals surface area contributed by atoms with E-state index < -0.39 is 10.0 Å². The van der Waals surface area contributed by atoms with Crippen molar-refractivity contribution in [1.82, 2.24) is 0 Å². The molecule has 0 spiro atoms. The number of hydrogen-bond donors (Lipinski definition) is 2. The highest BCUT2D eigenvalue weighted by Crippen LogP contribution is 2.23. The zero-order valence-corrected chi connectivity index (χ0v) is 10.7. The molecule has 6 heteroatoms. The van der Waals surface area contributed by atoms with Gasteiger partial charge in [0.25, 0.3) is 0 Å². The average Bonchev–Trinajstić information content (AvgIpc) is 2.28. The number of benzene rings is 1. The van der Waals surface area contributed by atoms with E-state index in [0.717, 1.165) is 6.42 Å². The van der Waals surface area contributed by atoms with Crippen LogP contribution in [0, 0.1) is 0 Å². The minimum absolute atomic E-state index is 0.0288. The number of para-hydroxylation sites is 1. The minimum atomic E-state index is -3.74. The van der Waals surface area contributed by atoms with Crippen LogP contribution >= 0.6 is 0 Å². The topological polar surface area (TPSA) is 83.6 Å². The van der Waals surface area contributed by atoms with Gasteiger partial charge in [0, 0.05) is 13.1 Å². The molecule has 0 aromatic heterocycles. The van der Waals surface area contributed by atoms with Crippen LogP contribution in [0.2, 0.25) is 0 Å². The normalized spacial score (nSPS) is 11.5. The second-order valence-corrected chi connectivity index (χ2v) is 5.25. The molecule has 0 amide bonds. The summed E-state index contributed by atoms with van der Waals surface area (Å²) < 4.78 is 22.9. The first-order valence-corrected chi connectivity index (χ1v) is 7.03. The third-order valence-electron chi connectivity index (χ3n) is 2.38. The highest BCUT2D eigenvalue weighted by Gasteiger charge is 2.17. The Hall–Kier alpha value is -1.11. The van der Waals surface area contributed by atoms with E-state index in [-0.39, 0.29) is 11.5 Å². The van der Waals surface area contributed by atoms with Crippen molar-refractivity contribution >= 4 is 15.7 Å². The summed E-state index contributed by atoms with van der Waals surface area (Å²) in [7, 11) is -3.74. The molecule has 0 unspecified atom stereocenters. The van der Waals surface area contributed by atoms with Gasteiger partial charge in [0.1, 0.15) is 4.90 Å². The number of aliphatic hydroxyl groups excluding tert-OH is 1. The SMILES string of the molecule is CCCN(CCO)c1ccccc1S(N)(=O)=O. The average molecular weight is 258 g/mol. The van der Waals surface area contributed by atoms with E-state index >= 15 is 0 Å². The Morgan fingerprint density at radius 3 is 2.47 bits per heavy atom. The van der Waals surface area contributed by atoms with E-state index in [2.05, 4.69) is 0 Å². The van der Waals surface area contributed by atoms with Gasteiger partial charge >= 0.3 is 0 Å². The van der Waals surface area contributed by atoms with Gasteiger partial charge in [0.15, 0.2) is 0 Å². The zero-order valence-electron chi connectivity index (χ0n) is 9.83. The van der Waals surface area contributed by atoms with Crippen molar-refractivity contribution in [3.8, 4) is 0 Å². The Balaban J connectivity index is 3.18. The molecule has 0 saturated heterocycles. The summed E-state index contributed by atoms with van der Waals surface area (Å²) in [5, 5.41) is 14.2. The molecule has 0 heterocycles. The van der Waals surface area contributed by atoms with Crippen molar-refractivity contribution in [1.29, 1.82) is 0 Å². The smallest absolute Gasteiger partial charge is 0.240 e. The van der Waals surface area contributed by atoms with E-state index in [1.54, 1.807) is 18.2 Å². The summed E-state index contributed by atoms with van der Waals surface area (Å²) in [6, 6.07) is 6.56. The number of sulfonamides is 1. The van der Waals surface area contributed by atoms with Crippen LogP contribution in [0.3, 0.4) is 0 Å². The fourth-order valence-corrected chi connectivity index (χ4v) is 2.46. The lowest BCUT2D eigenvalue weighted by molar-refractivity contribution is 0.301. The van der Waals surface area contributed by atoms with Gasteiger partial charge in [-0.1, -0.05) is 19.1 Å². The van der Waals surface area contributed by atoms with E-state index in [9.17, 15) is 8.42 Å². The van der Waals surface area contributed by atoms with Crippen molar-refractivity contribution < 1.29 is 13.5 Å². The van der Waals surface area contributed by atoms with Crippen molar-refractivity contribution in [2.24, 2.45) is 5.14 Å². The van der Waals surface area contributed by atoms with Crippen molar-refractivity contribution in [3.05, 3.63) is 24.3 Å². The summed E-state index contributed by atoms with van der Waals surface area (Å²) in [4.78, 5) is 1.92. The van der Waals surface area contributed by atoms with Crippen LogP contribution < -0.4 is 10.0 Å². The molecule has 96 valence electrons. The van der Waals surface area contributed by atoms with Gasteiger partial charge in [-0.2, -0.15) is 0 Å². The Bertz CT molecular complexity index is 454. The summed E-state index contributed by atoms with van der Waals surface area (Å²) >= 11 is 0. The summed E-state index contributed by atoms with van der Waals surface area (Å²) in [5.41, 5.74) is 0.547. The first kappa shape index (κ1) is 14.0. The monoisotopic (exact) mass is 258 g/mol. The first-order chi connectivity index (χ1) is 8.00. The lowest BCUT2D eigenvalue weighted by Crippen LogP contribution is -2.29. The number of nitrogens with two attached hydrogens (primary N) is 1. The maximum absolute atomic E-state index is 11.5. The predicted octanol–water partition coefficient (Wildman–Crippen LogP) is 0.543. The summed E-state index contributed by atoms with van der Waals surface area (Å²) in [5.74, 6) is 0. The lowest BCUT2D eigenvalue weighted by atomic mass is 10.2. The summed E-state index contributed by atoms with van der Waals surface area (Å²) in [6.45, 7) is 3.02. The lowest BCUT2D eigenvalue weighted by Gasteiger charge is -2.25. The maximum Gasteiger partial charge on any atom is 0.240 e. The van der Waals surface area contributed by atoms with Crippen LogP contribution in [-0.4, -0.2) is 33.2 Å². The van der Waals surface area contributed by atoms with Crippen LogP contribution in [0.4, 0.5) is 5.69 Å². The van der Waals surface area contributed by atoms with Gasteiger partial charge < -0.3 is 10.0 Å². The second-order valence-electron chi connectivity index (χ2n) is 3.72. The van der Waals surface area contributed by atoms with Gasteiger partial charge in [-0.25, -0.2) is 13.6 Å². The fourth-order valence-electron chi connectivity index (χ4n) is 1.70. The van der Waals surface area contributed by atoms with Crippen LogP contribution in [0.25, 0.3) is 0 Å². The molecule has 0 aliphatic heterocycles. The quantitative estimate of drug-likeness (QED) is 0.780. The second kappa shape index (κ2) is 6.00. The highest BCUT2D eigenvalue weighted by molar-refractivity contribution is 7.89. The Morgan fingerprint density at radius 2 is 1.94 bits per heavy atom. The Morgan fingerprint density at radius 1 is 1.29 bits per heavy atom. The van der Waals surface area contributed by atoms with Gasteiger partial charge in [-0.05, 0) is 18.6 Å². The van der Waals surface area contributed by atoms with Crippen LogP contribution in [0.1, 0.15) is 13.3 Å². The van der Waals surface area contributed by atoms with Crippen molar-refractivity contribution in [2.75, 3.05) is 24.6 Å². The van der Waals surface area contributed by atoms with Crippen LogP contribution in [0.5, 0.6) is 0 Å². The number of nitrogens with zero attached hydrogens (tertiary/aromatic N) is 1. The molecule has 3 N–H and O–H groups in total. The maximum atomic E-state index is 11.5. The van der Waals surface area contributed by atoms with E-state index in [0.29, 0.717) is 18.8 Å². The molecule has 0 aliphatic carbocycles. The van der Waals surface area contributed by atoms with Gasteiger partial charge in [0.05, 0.1) is 12.3 Å². The van der Waals surface area contributed by atoms with Crippen LogP contribution in [-0.2, 0) is 10.0 Å². The molecule has 17 heavy (non-hydrogen) atoms. The molecule has 0 radical (unpaired) electrons. The third kappa shape index (κ3) is 3.69. The van der Waals surface area contributed by atoms with E-state index in [1.165, 1.54) is 6.07 Å². The minimum Gasteiger partial charge on any atom is -0.395 e. The first-order valence-electron chi connectivity index (χ1n) is 5.48. The third-order valence-corrected chi connectivity index (χ3v) is 3.33. The Kier molecular flexibility index (Phi) is 4.92. The molecule has 1 aromatic carbocycles. The van der Waals surface area contributed by atoms with Gasteiger partial charge in [0.2, 0.25) is 10.0 Å². The van der Waals surface area contributed by atoms with Gasteiger partial charge in [-0.3, -0.25) is 0 Å². The molecule has 0 fully saturated rings. The molecule has 0 bridgehead atoms. The molecule has 0 atom stereocenters. The summed E-state index contributed by atoms with van der Waals surface area (Å²) in [6.07, 6.45) is 0.860. The number of primary sulfonamides is 1. The zero-order chi connectivity index (χ0) is 12.9. The standard InChI is InChI=1S/C11H18N2O3S/c1-2-7-13(8-9-14)10-5-3-4-6-11(10)17(12,15)16/h3-6,14H,2,7-9H2,1H3,(H2,12,15,16). The molecular formula is C11H18N2O3S. The molecule has 5 nitrogen and oxygen atoms in total.